The Morgan fingerprint density at radius 2 is 1.96 bits per heavy atom. The van der Waals surface area contributed by atoms with E-state index in [1.54, 1.807) is 11.3 Å². The molecule has 124 valence electrons. The second kappa shape index (κ2) is 8.40. The van der Waals surface area contributed by atoms with E-state index in [0.29, 0.717) is 18.2 Å². The molecule has 3 rings (SSSR count). The highest BCUT2D eigenvalue weighted by molar-refractivity contribution is 7.09. The number of benzene rings is 1. The zero-order valence-corrected chi connectivity index (χ0v) is 14.1. The topological polar surface area (TPSA) is 68.0 Å². The molecule has 2 aromatic heterocycles. The van der Waals surface area contributed by atoms with E-state index in [2.05, 4.69) is 33.0 Å². The van der Waals surface area contributed by atoms with Gasteiger partial charge in [0.15, 0.2) is 0 Å². The van der Waals surface area contributed by atoms with Crippen molar-refractivity contribution in [3.63, 3.8) is 0 Å². The van der Waals surface area contributed by atoms with Crippen LogP contribution in [-0.2, 0) is 17.8 Å². The van der Waals surface area contributed by atoms with E-state index >= 15 is 0 Å². The summed E-state index contributed by atoms with van der Waals surface area (Å²) in [5, 5.41) is 12.9. The molecule has 2 heterocycles. The second-order valence-corrected chi connectivity index (χ2v) is 6.46. The molecule has 1 N–H and O–H groups in total. The average Bonchev–Trinajstić information content (AvgIpc) is 3.29. The molecule has 1 aromatic carbocycles. The molecule has 6 heteroatoms. The fourth-order valence-corrected chi connectivity index (χ4v) is 3.08. The Hall–Kier alpha value is -2.47. The lowest BCUT2D eigenvalue weighted by Crippen LogP contribution is -2.22. The van der Waals surface area contributed by atoms with Crippen molar-refractivity contribution in [2.24, 2.45) is 0 Å². The first-order chi connectivity index (χ1) is 11.8. The monoisotopic (exact) mass is 341 g/mol. The van der Waals surface area contributed by atoms with E-state index in [1.165, 1.54) is 4.88 Å². The highest BCUT2D eigenvalue weighted by atomic mass is 32.1. The van der Waals surface area contributed by atoms with Crippen molar-refractivity contribution in [1.29, 1.82) is 0 Å². The van der Waals surface area contributed by atoms with Crippen molar-refractivity contribution in [2.75, 3.05) is 0 Å². The largest absolute Gasteiger partial charge is 0.419 e. The third-order valence-corrected chi connectivity index (χ3v) is 4.52. The van der Waals surface area contributed by atoms with Gasteiger partial charge in [-0.15, -0.1) is 21.5 Å². The summed E-state index contributed by atoms with van der Waals surface area (Å²) in [4.78, 5) is 13.2. The van der Waals surface area contributed by atoms with Crippen LogP contribution >= 0.6 is 11.3 Å². The smallest absolute Gasteiger partial charge is 0.247 e. The predicted octanol–water partition coefficient (Wildman–Crippen LogP) is 3.83. The van der Waals surface area contributed by atoms with Gasteiger partial charge < -0.3 is 9.73 Å². The number of thiophene rings is 1. The van der Waals surface area contributed by atoms with Crippen molar-refractivity contribution >= 4 is 17.2 Å². The van der Waals surface area contributed by atoms with Gasteiger partial charge in [0.25, 0.3) is 0 Å². The van der Waals surface area contributed by atoms with Gasteiger partial charge in [0, 0.05) is 16.9 Å². The van der Waals surface area contributed by atoms with Crippen molar-refractivity contribution in [3.05, 3.63) is 58.6 Å². The highest BCUT2D eigenvalue weighted by Crippen LogP contribution is 2.16. The maximum absolute atomic E-state index is 11.9. The summed E-state index contributed by atoms with van der Waals surface area (Å²) < 4.78 is 5.56. The molecule has 0 saturated heterocycles. The summed E-state index contributed by atoms with van der Waals surface area (Å²) in [5.74, 6) is 0.900. The summed E-state index contributed by atoms with van der Waals surface area (Å²) in [5.41, 5.74) is 0.871. The third kappa shape index (κ3) is 4.76. The molecule has 0 radical (unpaired) electrons. The molecule has 0 unspecified atom stereocenters. The molecule has 0 spiro atoms. The molecule has 0 aliphatic rings. The normalized spacial score (nSPS) is 10.7. The quantitative estimate of drug-likeness (QED) is 0.632. The Balaban J connectivity index is 1.38. The average molecular weight is 341 g/mol. The van der Waals surface area contributed by atoms with Crippen LogP contribution in [0.4, 0.5) is 0 Å². The standard InChI is InChI=1S/C18H19N3O2S/c22-16(11-5-4-9-15-10-6-12-24-15)19-13-17-20-21-18(23-17)14-7-2-1-3-8-14/h1-3,6-8,10,12H,4-5,9,11,13H2,(H,19,22). The van der Waals surface area contributed by atoms with Gasteiger partial charge in [0.1, 0.15) is 0 Å². The Kier molecular flexibility index (Phi) is 5.74. The first kappa shape index (κ1) is 16.4. The van der Waals surface area contributed by atoms with Crippen LogP contribution in [0.5, 0.6) is 0 Å². The first-order valence-corrected chi connectivity index (χ1v) is 8.86. The van der Waals surface area contributed by atoms with E-state index in [-0.39, 0.29) is 12.5 Å². The fraction of sp³-hybridized carbons (Fsp3) is 0.278. The van der Waals surface area contributed by atoms with Gasteiger partial charge in [-0.3, -0.25) is 4.79 Å². The number of amides is 1. The van der Waals surface area contributed by atoms with E-state index in [9.17, 15) is 4.79 Å². The summed E-state index contributed by atoms with van der Waals surface area (Å²) in [7, 11) is 0. The summed E-state index contributed by atoms with van der Waals surface area (Å²) >= 11 is 1.76. The summed E-state index contributed by atoms with van der Waals surface area (Å²) in [6.07, 6.45) is 3.45. The van der Waals surface area contributed by atoms with Crippen LogP contribution in [0.2, 0.25) is 0 Å². The van der Waals surface area contributed by atoms with Crippen LogP contribution in [0.3, 0.4) is 0 Å². The number of carbonyl (C=O) groups excluding carboxylic acids is 1. The van der Waals surface area contributed by atoms with Crippen LogP contribution in [0.15, 0.2) is 52.3 Å². The van der Waals surface area contributed by atoms with Crippen molar-refractivity contribution in [1.82, 2.24) is 15.5 Å². The van der Waals surface area contributed by atoms with E-state index in [0.717, 1.165) is 24.8 Å². The molecule has 0 aliphatic heterocycles. The van der Waals surface area contributed by atoms with Crippen molar-refractivity contribution < 1.29 is 9.21 Å². The predicted molar refractivity (Wildman–Crippen MR) is 93.5 cm³/mol. The van der Waals surface area contributed by atoms with Crippen molar-refractivity contribution in [3.8, 4) is 11.5 Å². The molecular weight excluding hydrogens is 322 g/mol. The summed E-state index contributed by atoms with van der Waals surface area (Å²) in [6.45, 7) is 0.267. The minimum absolute atomic E-state index is 0.0145. The molecular formula is C18H19N3O2S. The SMILES string of the molecule is O=C(CCCCc1cccs1)NCc1nnc(-c2ccccc2)o1. The van der Waals surface area contributed by atoms with Crippen LogP contribution in [0.25, 0.3) is 11.5 Å². The Morgan fingerprint density at radius 3 is 2.75 bits per heavy atom. The summed E-state index contributed by atoms with van der Waals surface area (Å²) in [6, 6.07) is 13.8. The Bertz CT molecular complexity index is 754. The molecule has 0 bridgehead atoms. The van der Waals surface area contributed by atoms with Crippen molar-refractivity contribution in [2.45, 2.75) is 32.2 Å². The number of aromatic nitrogens is 2. The van der Waals surface area contributed by atoms with Crippen LogP contribution in [0.1, 0.15) is 30.0 Å². The van der Waals surface area contributed by atoms with Gasteiger partial charge in [0.2, 0.25) is 17.7 Å². The maximum Gasteiger partial charge on any atom is 0.247 e. The van der Waals surface area contributed by atoms with E-state index in [1.807, 2.05) is 30.3 Å². The van der Waals surface area contributed by atoms with Gasteiger partial charge >= 0.3 is 0 Å². The minimum atomic E-state index is 0.0145. The van der Waals surface area contributed by atoms with Gasteiger partial charge in [-0.25, -0.2) is 0 Å². The highest BCUT2D eigenvalue weighted by Gasteiger charge is 2.09. The molecule has 24 heavy (non-hydrogen) atoms. The Labute approximate surface area is 144 Å². The molecule has 0 atom stereocenters. The van der Waals surface area contributed by atoms with Gasteiger partial charge in [-0.1, -0.05) is 24.3 Å². The zero-order valence-electron chi connectivity index (χ0n) is 13.3. The van der Waals surface area contributed by atoms with E-state index < -0.39 is 0 Å². The molecule has 5 nitrogen and oxygen atoms in total. The van der Waals surface area contributed by atoms with Crippen LogP contribution in [-0.4, -0.2) is 16.1 Å². The number of nitrogens with one attached hydrogen (secondary N) is 1. The van der Waals surface area contributed by atoms with Crippen LogP contribution in [0, 0.1) is 0 Å². The molecule has 0 fully saturated rings. The number of rotatable bonds is 8. The number of hydrogen-bond acceptors (Lipinski definition) is 5. The fourth-order valence-electron chi connectivity index (χ4n) is 2.32. The maximum atomic E-state index is 11.9. The lowest BCUT2D eigenvalue weighted by atomic mass is 10.1. The second-order valence-electron chi connectivity index (χ2n) is 5.43. The zero-order chi connectivity index (χ0) is 16.6. The molecule has 0 saturated carbocycles. The number of aryl methyl sites for hydroxylation is 1. The third-order valence-electron chi connectivity index (χ3n) is 3.58. The Morgan fingerprint density at radius 1 is 1.08 bits per heavy atom. The molecule has 0 aliphatic carbocycles. The number of nitrogens with zero attached hydrogens (tertiary/aromatic N) is 2. The van der Waals surface area contributed by atoms with E-state index in [4.69, 9.17) is 4.42 Å². The number of carbonyl (C=O) groups is 1. The lowest BCUT2D eigenvalue weighted by molar-refractivity contribution is -0.121. The minimum Gasteiger partial charge on any atom is -0.419 e. The van der Waals surface area contributed by atoms with Crippen LogP contribution < -0.4 is 5.32 Å². The lowest BCUT2D eigenvalue weighted by Gasteiger charge is -2.02. The molecule has 3 aromatic rings. The van der Waals surface area contributed by atoms with Gasteiger partial charge in [-0.2, -0.15) is 0 Å². The van der Waals surface area contributed by atoms with Gasteiger partial charge in [0.05, 0.1) is 6.54 Å². The van der Waals surface area contributed by atoms with Gasteiger partial charge in [-0.05, 0) is 42.8 Å². The number of unbranched alkanes of at least 4 members (excludes halogenated alkanes) is 1. The number of hydrogen-bond donors (Lipinski definition) is 1. The first-order valence-electron chi connectivity index (χ1n) is 7.98. The molecule has 1 amide bonds.